The molecule has 0 unspecified atom stereocenters. The van der Waals surface area contributed by atoms with E-state index in [1.165, 1.54) is 0 Å². The van der Waals surface area contributed by atoms with E-state index in [4.69, 9.17) is 5.73 Å². The number of aryl methyl sites for hydroxylation is 1. The number of aromatic nitrogens is 2. The van der Waals surface area contributed by atoms with E-state index in [-0.39, 0.29) is 0 Å². The number of nitrogens with one attached hydrogen (secondary N) is 1. The third kappa shape index (κ3) is 1.86. The van der Waals surface area contributed by atoms with Crippen molar-refractivity contribution >= 4 is 5.82 Å². The minimum Gasteiger partial charge on any atom is -0.382 e. The lowest BCUT2D eigenvalue weighted by Gasteiger charge is -2.02. The molecule has 0 bridgehead atoms. The van der Waals surface area contributed by atoms with Gasteiger partial charge in [0.15, 0.2) is 5.82 Å². The molecule has 3 heteroatoms. The average Bonchev–Trinajstić information content (AvgIpc) is 2.62. The summed E-state index contributed by atoms with van der Waals surface area (Å²) in [6.45, 7) is 2.14. The van der Waals surface area contributed by atoms with Gasteiger partial charge in [-0.2, -0.15) is 5.10 Å². The quantitative estimate of drug-likeness (QED) is 0.802. The molecule has 0 spiro atoms. The molecule has 2 rings (SSSR count). The molecule has 0 radical (unpaired) electrons. The molecule has 1 heterocycles. The van der Waals surface area contributed by atoms with Gasteiger partial charge in [-0.05, 0) is 12.0 Å². The van der Waals surface area contributed by atoms with E-state index >= 15 is 0 Å². The van der Waals surface area contributed by atoms with E-state index in [1.54, 1.807) is 0 Å². The van der Waals surface area contributed by atoms with E-state index in [2.05, 4.69) is 29.3 Å². The molecular formula is C12H15N3. The lowest BCUT2D eigenvalue weighted by Crippen LogP contribution is -1.90. The zero-order valence-corrected chi connectivity index (χ0v) is 8.83. The summed E-state index contributed by atoms with van der Waals surface area (Å²) in [6, 6.07) is 10.1. The smallest absolute Gasteiger partial charge is 0.153 e. The van der Waals surface area contributed by atoms with Crippen LogP contribution < -0.4 is 5.73 Å². The number of hydrogen-bond acceptors (Lipinski definition) is 2. The minimum atomic E-state index is 0.588. The molecule has 3 N–H and O–H groups in total. The van der Waals surface area contributed by atoms with Gasteiger partial charge in [0.2, 0.25) is 0 Å². The van der Waals surface area contributed by atoms with Crippen molar-refractivity contribution in [3.8, 4) is 11.1 Å². The summed E-state index contributed by atoms with van der Waals surface area (Å²) in [6.07, 6.45) is 2.07. The van der Waals surface area contributed by atoms with E-state index in [1.807, 2.05) is 18.2 Å². The number of benzene rings is 1. The summed E-state index contributed by atoms with van der Waals surface area (Å²) in [5, 5.41) is 7.06. The molecule has 0 amide bonds. The second-order valence-corrected chi connectivity index (χ2v) is 3.58. The Hall–Kier alpha value is -1.77. The van der Waals surface area contributed by atoms with Crippen LogP contribution in [-0.2, 0) is 6.42 Å². The Kier molecular flexibility index (Phi) is 2.72. The highest BCUT2D eigenvalue weighted by atomic mass is 15.2. The summed E-state index contributed by atoms with van der Waals surface area (Å²) in [4.78, 5) is 0. The number of aromatic amines is 1. The van der Waals surface area contributed by atoms with Crippen LogP contribution >= 0.6 is 0 Å². The Balaban J connectivity index is 2.47. The van der Waals surface area contributed by atoms with Crippen LogP contribution in [0.25, 0.3) is 11.1 Å². The molecule has 78 valence electrons. The van der Waals surface area contributed by atoms with Crippen LogP contribution in [0.5, 0.6) is 0 Å². The van der Waals surface area contributed by atoms with Gasteiger partial charge >= 0.3 is 0 Å². The molecule has 15 heavy (non-hydrogen) atoms. The van der Waals surface area contributed by atoms with Gasteiger partial charge in [-0.15, -0.1) is 0 Å². The van der Waals surface area contributed by atoms with E-state index < -0.39 is 0 Å². The van der Waals surface area contributed by atoms with Crippen molar-refractivity contribution in [2.24, 2.45) is 0 Å². The van der Waals surface area contributed by atoms with Gasteiger partial charge in [-0.3, -0.25) is 5.10 Å². The van der Waals surface area contributed by atoms with Crippen molar-refractivity contribution in [3.63, 3.8) is 0 Å². The number of nitrogen functional groups attached to an aromatic ring is 1. The van der Waals surface area contributed by atoms with Crippen molar-refractivity contribution in [2.45, 2.75) is 19.8 Å². The molecule has 2 aromatic rings. The predicted octanol–water partition coefficient (Wildman–Crippen LogP) is 2.61. The molecule has 3 nitrogen and oxygen atoms in total. The molecule has 0 atom stereocenters. The summed E-state index contributed by atoms with van der Waals surface area (Å²) in [7, 11) is 0. The number of hydrogen-bond donors (Lipinski definition) is 2. The van der Waals surface area contributed by atoms with Gasteiger partial charge in [0.05, 0.1) is 0 Å². The maximum Gasteiger partial charge on any atom is 0.153 e. The molecule has 0 aliphatic rings. The number of H-pyrrole nitrogens is 1. The van der Waals surface area contributed by atoms with Gasteiger partial charge in [-0.25, -0.2) is 0 Å². The van der Waals surface area contributed by atoms with Crippen LogP contribution in [0.3, 0.4) is 0 Å². The Labute approximate surface area is 89.3 Å². The third-order valence-corrected chi connectivity index (χ3v) is 2.43. The summed E-state index contributed by atoms with van der Waals surface area (Å²) >= 11 is 0. The highest BCUT2D eigenvalue weighted by Crippen LogP contribution is 2.28. The SMILES string of the molecule is CCCc1[nH]nc(N)c1-c1ccccc1. The van der Waals surface area contributed by atoms with Gasteiger partial charge < -0.3 is 5.73 Å². The predicted molar refractivity (Wildman–Crippen MR) is 62.4 cm³/mol. The van der Waals surface area contributed by atoms with E-state index in [0.29, 0.717) is 5.82 Å². The molecule has 0 fully saturated rings. The van der Waals surface area contributed by atoms with Crippen LogP contribution in [0.4, 0.5) is 5.82 Å². The average molecular weight is 201 g/mol. The first-order valence-corrected chi connectivity index (χ1v) is 5.21. The van der Waals surface area contributed by atoms with Crippen LogP contribution in [0.15, 0.2) is 30.3 Å². The monoisotopic (exact) mass is 201 g/mol. The second-order valence-electron chi connectivity index (χ2n) is 3.58. The Bertz CT molecular complexity index is 431. The Morgan fingerprint density at radius 1 is 1.27 bits per heavy atom. The maximum atomic E-state index is 5.86. The summed E-state index contributed by atoms with van der Waals surface area (Å²) in [5.41, 5.74) is 9.17. The molecule has 0 saturated heterocycles. The molecular weight excluding hydrogens is 186 g/mol. The van der Waals surface area contributed by atoms with Crippen molar-refractivity contribution in [3.05, 3.63) is 36.0 Å². The summed E-state index contributed by atoms with van der Waals surface area (Å²) < 4.78 is 0. The minimum absolute atomic E-state index is 0.588. The standard InChI is InChI=1S/C12H15N3/c1-2-6-10-11(12(13)15-14-10)9-7-4-3-5-8-9/h3-5,7-8H,2,6H2,1H3,(H3,13,14,15). The first kappa shape index (κ1) is 9.77. The molecule has 0 saturated carbocycles. The van der Waals surface area contributed by atoms with Crippen LogP contribution in [0.1, 0.15) is 19.0 Å². The van der Waals surface area contributed by atoms with Crippen molar-refractivity contribution in [1.82, 2.24) is 10.2 Å². The van der Waals surface area contributed by atoms with Crippen LogP contribution in [-0.4, -0.2) is 10.2 Å². The zero-order chi connectivity index (χ0) is 10.7. The number of nitrogens with two attached hydrogens (primary N) is 1. The maximum absolute atomic E-state index is 5.86. The Morgan fingerprint density at radius 3 is 2.67 bits per heavy atom. The van der Waals surface area contributed by atoms with Gasteiger partial charge in [0.25, 0.3) is 0 Å². The van der Waals surface area contributed by atoms with Crippen molar-refractivity contribution in [1.29, 1.82) is 0 Å². The summed E-state index contributed by atoms with van der Waals surface area (Å²) in [5.74, 6) is 0.588. The molecule has 0 aliphatic carbocycles. The van der Waals surface area contributed by atoms with Crippen LogP contribution in [0.2, 0.25) is 0 Å². The lowest BCUT2D eigenvalue weighted by atomic mass is 10.0. The molecule has 0 aliphatic heterocycles. The van der Waals surface area contributed by atoms with E-state index in [9.17, 15) is 0 Å². The second kappa shape index (κ2) is 4.17. The molecule has 1 aromatic carbocycles. The third-order valence-electron chi connectivity index (χ3n) is 2.43. The highest BCUT2D eigenvalue weighted by molar-refractivity contribution is 5.76. The normalized spacial score (nSPS) is 10.5. The number of rotatable bonds is 3. The van der Waals surface area contributed by atoms with Gasteiger partial charge in [-0.1, -0.05) is 43.7 Å². The van der Waals surface area contributed by atoms with Crippen LogP contribution in [0, 0.1) is 0 Å². The first-order valence-electron chi connectivity index (χ1n) is 5.21. The molecule has 1 aromatic heterocycles. The van der Waals surface area contributed by atoms with Gasteiger partial charge in [0, 0.05) is 11.3 Å². The fraction of sp³-hybridized carbons (Fsp3) is 0.250. The zero-order valence-electron chi connectivity index (χ0n) is 8.83. The first-order chi connectivity index (χ1) is 7.33. The topological polar surface area (TPSA) is 54.7 Å². The van der Waals surface area contributed by atoms with Crippen molar-refractivity contribution in [2.75, 3.05) is 5.73 Å². The number of anilines is 1. The van der Waals surface area contributed by atoms with E-state index in [0.717, 1.165) is 29.7 Å². The lowest BCUT2D eigenvalue weighted by molar-refractivity contribution is 0.869. The van der Waals surface area contributed by atoms with Crippen molar-refractivity contribution < 1.29 is 0 Å². The Morgan fingerprint density at radius 2 is 2.00 bits per heavy atom. The van der Waals surface area contributed by atoms with Gasteiger partial charge in [0.1, 0.15) is 0 Å². The largest absolute Gasteiger partial charge is 0.382 e. The highest BCUT2D eigenvalue weighted by Gasteiger charge is 2.11. The fourth-order valence-electron chi connectivity index (χ4n) is 1.75. The number of nitrogens with zero attached hydrogens (tertiary/aromatic N) is 1. The fourth-order valence-corrected chi connectivity index (χ4v) is 1.75.